The number of benzene rings is 1. The van der Waals surface area contributed by atoms with Crippen molar-refractivity contribution in [1.82, 2.24) is 4.90 Å². The van der Waals surface area contributed by atoms with Gasteiger partial charge in [0.15, 0.2) is 5.78 Å². The molecule has 1 aliphatic heterocycles. The summed E-state index contributed by atoms with van der Waals surface area (Å²) in [5, 5.41) is 0. The van der Waals surface area contributed by atoms with E-state index in [0.717, 1.165) is 37.9 Å². The lowest BCUT2D eigenvalue weighted by Crippen LogP contribution is -2.58. The van der Waals surface area contributed by atoms with E-state index in [1.54, 1.807) is 0 Å². The van der Waals surface area contributed by atoms with Crippen molar-refractivity contribution < 1.29 is 4.79 Å². The summed E-state index contributed by atoms with van der Waals surface area (Å²) in [4.78, 5) is 15.9. The first-order valence-electron chi connectivity index (χ1n) is 10.4. The Balaban J connectivity index is 1.45. The molecule has 0 radical (unpaired) electrons. The summed E-state index contributed by atoms with van der Waals surface area (Å²) < 4.78 is 0. The molecule has 4 saturated carbocycles. The van der Waals surface area contributed by atoms with Gasteiger partial charge in [0, 0.05) is 5.41 Å². The van der Waals surface area contributed by atoms with Crippen LogP contribution in [0, 0.1) is 24.2 Å². The predicted molar refractivity (Wildman–Crippen MR) is 101 cm³/mol. The lowest BCUT2D eigenvalue weighted by molar-refractivity contribution is -0.147. The molecular formula is C23H31NO. The summed E-state index contributed by atoms with van der Waals surface area (Å²) >= 11 is 0. The molecule has 0 amide bonds. The highest BCUT2D eigenvalue weighted by Crippen LogP contribution is 2.66. The van der Waals surface area contributed by atoms with E-state index < -0.39 is 0 Å². The molecule has 0 spiro atoms. The smallest absolute Gasteiger partial charge is 0.153 e. The molecule has 4 aliphatic carbocycles. The zero-order valence-electron chi connectivity index (χ0n) is 15.6. The lowest BCUT2D eigenvalue weighted by atomic mass is 9.42. The third kappa shape index (κ3) is 2.60. The van der Waals surface area contributed by atoms with Crippen LogP contribution < -0.4 is 0 Å². The number of hydrogen-bond acceptors (Lipinski definition) is 2. The van der Waals surface area contributed by atoms with E-state index in [-0.39, 0.29) is 5.41 Å². The average molecular weight is 338 g/mol. The molecule has 2 heteroatoms. The molecule has 1 heterocycles. The second-order valence-corrected chi connectivity index (χ2v) is 9.79. The highest BCUT2D eigenvalue weighted by Gasteiger charge is 2.60. The Morgan fingerprint density at radius 2 is 1.68 bits per heavy atom. The number of nitrogens with zero attached hydrogens (tertiary/aromatic N) is 1. The maximum Gasteiger partial charge on any atom is 0.153 e. The van der Waals surface area contributed by atoms with Crippen LogP contribution in [0.25, 0.3) is 0 Å². The molecule has 5 aliphatic rings. The van der Waals surface area contributed by atoms with E-state index in [4.69, 9.17) is 0 Å². The Bertz CT molecular complexity index is 656. The minimum atomic E-state index is -0.00242. The number of aryl methyl sites for hydroxylation is 1. The van der Waals surface area contributed by atoms with Crippen LogP contribution in [-0.2, 0) is 10.2 Å². The quantitative estimate of drug-likeness (QED) is 0.806. The van der Waals surface area contributed by atoms with Gasteiger partial charge in [0.05, 0.1) is 6.54 Å². The first kappa shape index (κ1) is 16.1. The van der Waals surface area contributed by atoms with Crippen molar-refractivity contribution in [3.8, 4) is 0 Å². The van der Waals surface area contributed by atoms with Crippen LogP contribution in [0.15, 0.2) is 24.3 Å². The van der Waals surface area contributed by atoms with Crippen LogP contribution >= 0.6 is 0 Å². The number of Topliss-reactive ketones (excluding diaryl/α,β-unsaturated/α-hetero) is 1. The third-order valence-electron chi connectivity index (χ3n) is 7.88. The van der Waals surface area contributed by atoms with Crippen molar-refractivity contribution in [3.05, 3.63) is 35.4 Å². The normalized spacial score (nSPS) is 39.9. The van der Waals surface area contributed by atoms with Crippen molar-refractivity contribution in [2.24, 2.45) is 17.3 Å². The summed E-state index contributed by atoms with van der Waals surface area (Å²) in [6.45, 7) is 5.17. The maximum absolute atomic E-state index is 13.4. The molecule has 4 atom stereocenters. The molecule has 25 heavy (non-hydrogen) atoms. The Morgan fingerprint density at radius 3 is 2.32 bits per heavy atom. The predicted octanol–water partition coefficient (Wildman–Crippen LogP) is 4.50. The van der Waals surface area contributed by atoms with Gasteiger partial charge in [0.2, 0.25) is 0 Å². The monoisotopic (exact) mass is 337 g/mol. The van der Waals surface area contributed by atoms with Gasteiger partial charge in [-0.05, 0) is 94.2 Å². The van der Waals surface area contributed by atoms with Crippen LogP contribution in [0.3, 0.4) is 0 Å². The molecule has 1 aromatic rings. The number of carbonyl (C=O) groups excluding carboxylic acids is 1. The molecule has 1 aromatic carbocycles. The Morgan fingerprint density at radius 1 is 1.04 bits per heavy atom. The minimum absolute atomic E-state index is 0.00242. The van der Waals surface area contributed by atoms with E-state index in [0.29, 0.717) is 11.2 Å². The lowest BCUT2D eigenvalue weighted by Gasteiger charge is -2.62. The van der Waals surface area contributed by atoms with Gasteiger partial charge in [-0.3, -0.25) is 9.69 Å². The fourth-order valence-electron chi connectivity index (χ4n) is 7.15. The van der Waals surface area contributed by atoms with E-state index in [2.05, 4.69) is 36.1 Å². The number of rotatable bonds is 4. The summed E-state index contributed by atoms with van der Waals surface area (Å²) in [6, 6.07) is 9.27. The number of likely N-dealkylation sites (tertiary alicyclic amines) is 1. The zero-order valence-corrected chi connectivity index (χ0v) is 15.6. The highest BCUT2D eigenvalue weighted by atomic mass is 16.1. The number of ketones is 1. The van der Waals surface area contributed by atoms with Crippen molar-refractivity contribution in [1.29, 1.82) is 0 Å². The van der Waals surface area contributed by atoms with Gasteiger partial charge in [-0.1, -0.05) is 29.8 Å². The Kier molecular flexibility index (Phi) is 3.64. The van der Waals surface area contributed by atoms with Crippen molar-refractivity contribution in [2.45, 2.75) is 63.7 Å². The van der Waals surface area contributed by atoms with Gasteiger partial charge in [0.1, 0.15) is 0 Å². The number of hydrogen-bond donors (Lipinski definition) is 0. The van der Waals surface area contributed by atoms with Crippen LogP contribution in [-0.4, -0.2) is 30.3 Å². The summed E-state index contributed by atoms with van der Waals surface area (Å²) in [6.07, 6.45) is 10.1. The van der Waals surface area contributed by atoms with E-state index >= 15 is 0 Å². The maximum atomic E-state index is 13.4. The second kappa shape index (κ2) is 5.67. The van der Waals surface area contributed by atoms with Crippen LogP contribution in [0.1, 0.15) is 62.5 Å². The fourth-order valence-corrected chi connectivity index (χ4v) is 7.15. The van der Waals surface area contributed by atoms with E-state index in [1.807, 2.05) is 0 Å². The molecule has 4 bridgehead atoms. The Labute approximate surface area is 152 Å². The van der Waals surface area contributed by atoms with Crippen LogP contribution in [0.4, 0.5) is 0 Å². The molecular weight excluding hydrogens is 306 g/mol. The minimum Gasteiger partial charge on any atom is -0.298 e. The van der Waals surface area contributed by atoms with Gasteiger partial charge < -0.3 is 0 Å². The zero-order chi connectivity index (χ0) is 17.1. The van der Waals surface area contributed by atoms with Gasteiger partial charge >= 0.3 is 0 Å². The Hall–Kier alpha value is -1.15. The van der Waals surface area contributed by atoms with Crippen LogP contribution in [0.5, 0.6) is 0 Å². The van der Waals surface area contributed by atoms with Crippen molar-refractivity contribution in [3.63, 3.8) is 0 Å². The fraction of sp³-hybridized carbons (Fsp3) is 0.696. The van der Waals surface area contributed by atoms with Crippen LogP contribution in [0.2, 0.25) is 0 Å². The number of carbonyl (C=O) groups is 1. The topological polar surface area (TPSA) is 20.3 Å². The SMILES string of the molecule is Cc1ccc(C23C[C@@H]4C[C@@H](CC(C(=O)CN5CCCC5)(C4)C2)C3)cc1. The third-order valence-corrected chi connectivity index (χ3v) is 7.88. The van der Waals surface area contributed by atoms with Crippen molar-refractivity contribution >= 4 is 5.78 Å². The van der Waals surface area contributed by atoms with Gasteiger partial charge in [-0.15, -0.1) is 0 Å². The largest absolute Gasteiger partial charge is 0.298 e. The van der Waals surface area contributed by atoms with Crippen molar-refractivity contribution in [2.75, 3.05) is 19.6 Å². The summed E-state index contributed by atoms with van der Waals surface area (Å²) in [5.74, 6) is 2.15. The first-order valence-corrected chi connectivity index (χ1v) is 10.4. The van der Waals surface area contributed by atoms with Gasteiger partial charge in [-0.25, -0.2) is 0 Å². The second-order valence-electron chi connectivity index (χ2n) is 9.79. The molecule has 0 aromatic heterocycles. The molecule has 134 valence electrons. The molecule has 5 fully saturated rings. The summed E-state index contributed by atoms with van der Waals surface area (Å²) in [5.41, 5.74) is 3.15. The van der Waals surface area contributed by atoms with E-state index in [9.17, 15) is 4.79 Å². The highest BCUT2D eigenvalue weighted by molar-refractivity contribution is 5.87. The summed E-state index contributed by atoms with van der Waals surface area (Å²) in [7, 11) is 0. The average Bonchev–Trinajstić information content (AvgIpc) is 3.07. The first-order chi connectivity index (χ1) is 12.1. The van der Waals surface area contributed by atoms with E-state index in [1.165, 1.54) is 56.1 Å². The molecule has 0 N–H and O–H groups in total. The molecule has 2 nitrogen and oxygen atoms in total. The standard InChI is InChI=1S/C23H31NO/c1-17-4-6-20(7-5-17)22-11-18-10-19(12-22)14-23(13-18,16-22)21(25)15-24-8-2-3-9-24/h4-7,18-19H,2-3,8-16H2,1H3/t18-,19+,22?,23?. The molecule has 1 saturated heterocycles. The molecule has 6 rings (SSSR count). The van der Waals surface area contributed by atoms with Gasteiger partial charge in [-0.2, -0.15) is 0 Å². The molecule has 2 unspecified atom stereocenters. The van der Waals surface area contributed by atoms with Gasteiger partial charge in [0.25, 0.3) is 0 Å².